The molecule has 0 saturated carbocycles. The second-order valence-electron chi connectivity index (χ2n) is 4.82. The first-order chi connectivity index (χ1) is 7.62. The third-order valence-electron chi connectivity index (χ3n) is 3.49. The van der Waals surface area contributed by atoms with Crippen LogP contribution in [-0.2, 0) is 9.53 Å². The van der Waals surface area contributed by atoms with Gasteiger partial charge in [-0.3, -0.25) is 4.79 Å². The zero-order chi connectivity index (χ0) is 11.6. The van der Waals surface area contributed by atoms with Gasteiger partial charge >= 0.3 is 0 Å². The zero-order valence-electron chi connectivity index (χ0n) is 9.52. The summed E-state index contributed by atoms with van der Waals surface area (Å²) in [4.78, 5) is 14.0. The van der Waals surface area contributed by atoms with E-state index in [0.29, 0.717) is 32.6 Å². The highest BCUT2D eigenvalue weighted by molar-refractivity contribution is 5.86. The summed E-state index contributed by atoms with van der Waals surface area (Å²) in [5.41, 5.74) is 5.36. The SMILES string of the molecule is NC1(C(=O)N2CCCC(O)C2)CCOCC1. The third-order valence-corrected chi connectivity index (χ3v) is 3.49. The summed E-state index contributed by atoms with van der Waals surface area (Å²) in [6.07, 6.45) is 2.42. The van der Waals surface area contributed by atoms with Crippen molar-refractivity contribution in [2.75, 3.05) is 26.3 Å². The summed E-state index contributed by atoms with van der Waals surface area (Å²) in [6, 6.07) is 0. The zero-order valence-corrected chi connectivity index (χ0v) is 9.52. The molecule has 1 unspecified atom stereocenters. The molecule has 0 bridgehead atoms. The van der Waals surface area contributed by atoms with E-state index in [-0.39, 0.29) is 12.0 Å². The minimum atomic E-state index is -0.769. The highest BCUT2D eigenvalue weighted by atomic mass is 16.5. The van der Waals surface area contributed by atoms with Crippen LogP contribution in [0.3, 0.4) is 0 Å². The third kappa shape index (κ3) is 2.36. The molecule has 3 N–H and O–H groups in total. The van der Waals surface area contributed by atoms with Crippen LogP contribution in [0, 0.1) is 0 Å². The maximum absolute atomic E-state index is 12.3. The minimum Gasteiger partial charge on any atom is -0.391 e. The highest BCUT2D eigenvalue weighted by Crippen LogP contribution is 2.22. The molecule has 0 aromatic rings. The van der Waals surface area contributed by atoms with Gasteiger partial charge in [0.2, 0.25) is 5.91 Å². The van der Waals surface area contributed by atoms with Crippen molar-refractivity contribution in [1.29, 1.82) is 0 Å². The standard InChI is InChI=1S/C11H20N2O3/c12-11(3-6-16-7-4-11)10(15)13-5-1-2-9(14)8-13/h9,14H,1-8,12H2. The van der Waals surface area contributed by atoms with Crippen LogP contribution in [0.2, 0.25) is 0 Å². The molecule has 5 nitrogen and oxygen atoms in total. The van der Waals surface area contributed by atoms with Crippen molar-refractivity contribution in [1.82, 2.24) is 4.90 Å². The summed E-state index contributed by atoms with van der Waals surface area (Å²) in [7, 11) is 0. The number of aliphatic hydroxyl groups is 1. The summed E-state index contributed by atoms with van der Waals surface area (Å²) in [5, 5.41) is 9.55. The molecule has 2 saturated heterocycles. The van der Waals surface area contributed by atoms with Crippen molar-refractivity contribution in [3.05, 3.63) is 0 Å². The lowest BCUT2D eigenvalue weighted by molar-refractivity contribution is -0.143. The van der Waals surface area contributed by atoms with Crippen molar-refractivity contribution >= 4 is 5.91 Å². The molecule has 1 atom stereocenters. The Balaban J connectivity index is 1.99. The monoisotopic (exact) mass is 228 g/mol. The van der Waals surface area contributed by atoms with Crippen molar-refractivity contribution in [3.8, 4) is 0 Å². The first-order valence-electron chi connectivity index (χ1n) is 5.96. The van der Waals surface area contributed by atoms with E-state index in [0.717, 1.165) is 19.4 Å². The molecule has 0 radical (unpaired) electrons. The number of nitrogens with zero attached hydrogens (tertiary/aromatic N) is 1. The summed E-state index contributed by atoms with van der Waals surface area (Å²) < 4.78 is 5.22. The fraction of sp³-hybridized carbons (Fsp3) is 0.909. The molecule has 1 amide bonds. The van der Waals surface area contributed by atoms with Crippen molar-refractivity contribution in [2.24, 2.45) is 5.73 Å². The molecule has 0 aliphatic carbocycles. The van der Waals surface area contributed by atoms with Gasteiger partial charge in [0.15, 0.2) is 0 Å². The smallest absolute Gasteiger partial charge is 0.242 e. The van der Waals surface area contributed by atoms with Gasteiger partial charge < -0.3 is 20.5 Å². The predicted molar refractivity (Wildman–Crippen MR) is 58.8 cm³/mol. The maximum Gasteiger partial charge on any atom is 0.242 e. The fourth-order valence-corrected chi connectivity index (χ4v) is 2.40. The Kier molecular flexibility index (Phi) is 3.47. The largest absolute Gasteiger partial charge is 0.391 e. The number of nitrogens with two attached hydrogens (primary N) is 1. The molecular weight excluding hydrogens is 208 g/mol. The molecule has 2 heterocycles. The van der Waals surface area contributed by atoms with Gasteiger partial charge in [-0.2, -0.15) is 0 Å². The molecule has 2 fully saturated rings. The van der Waals surface area contributed by atoms with E-state index in [9.17, 15) is 9.90 Å². The first-order valence-corrected chi connectivity index (χ1v) is 5.96. The van der Waals surface area contributed by atoms with E-state index < -0.39 is 5.54 Å². The number of likely N-dealkylation sites (tertiary alicyclic amines) is 1. The molecule has 16 heavy (non-hydrogen) atoms. The Morgan fingerprint density at radius 2 is 2.12 bits per heavy atom. The van der Waals surface area contributed by atoms with Crippen LogP contribution in [0.25, 0.3) is 0 Å². The van der Waals surface area contributed by atoms with Gasteiger partial charge in [0.05, 0.1) is 11.6 Å². The lowest BCUT2D eigenvalue weighted by Crippen LogP contribution is -2.60. The van der Waals surface area contributed by atoms with Crippen LogP contribution in [0.15, 0.2) is 0 Å². The molecular formula is C11H20N2O3. The molecule has 5 heteroatoms. The molecule has 92 valence electrons. The van der Waals surface area contributed by atoms with Crippen LogP contribution in [0.5, 0.6) is 0 Å². The van der Waals surface area contributed by atoms with Gasteiger partial charge in [0, 0.05) is 26.3 Å². The van der Waals surface area contributed by atoms with Gasteiger partial charge in [0.1, 0.15) is 0 Å². The number of rotatable bonds is 1. The van der Waals surface area contributed by atoms with Crippen LogP contribution in [0.4, 0.5) is 0 Å². The van der Waals surface area contributed by atoms with Gasteiger partial charge in [-0.1, -0.05) is 0 Å². The number of carbonyl (C=O) groups is 1. The van der Waals surface area contributed by atoms with Crippen molar-refractivity contribution < 1.29 is 14.6 Å². The molecule has 0 aromatic carbocycles. The predicted octanol–water partition coefficient (Wildman–Crippen LogP) is -0.522. The topological polar surface area (TPSA) is 75.8 Å². The number of piperidine rings is 1. The number of amides is 1. The van der Waals surface area contributed by atoms with Gasteiger partial charge in [0.25, 0.3) is 0 Å². The number of carbonyl (C=O) groups excluding carboxylic acids is 1. The number of hydrogen-bond donors (Lipinski definition) is 2. The highest BCUT2D eigenvalue weighted by Gasteiger charge is 2.39. The molecule has 2 aliphatic heterocycles. The number of aliphatic hydroxyl groups excluding tert-OH is 1. The molecule has 0 spiro atoms. The van der Waals surface area contributed by atoms with Crippen LogP contribution in [0.1, 0.15) is 25.7 Å². The van der Waals surface area contributed by atoms with E-state index in [4.69, 9.17) is 10.5 Å². The minimum absolute atomic E-state index is 0.0189. The maximum atomic E-state index is 12.3. The molecule has 2 aliphatic rings. The number of hydrogen-bond acceptors (Lipinski definition) is 4. The van der Waals surface area contributed by atoms with Gasteiger partial charge in [-0.15, -0.1) is 0 Å². The summed E-state index contributed by atoms with van der Waals surface area (Å²) in [5.74, 6) is -0.0189. The van der Waals surface area contributed by atoms with Crippen molar-refractivity contribution in [3.63, 3.8) is 0 Å². The average Bonchev–Trinajstić information content (AvgIpc) is 2.29. The van der Waals surface area contributed by atoms with E-state index in [1.807, 2.05) is 0 Å². The summed E-state index contributed by atoms with van der Waals surface area (Å²) in [6.45, 7) is 2.26. The van der Waals surface area contributed by atoms with Gasteiger partial charge in [-0.05, 0) is 25.7 Å². The Hall–Kier alpha value is -0.650. The van der Waals surface area contributed by atoms with Crippen molar-refractivity contribution in [2.45, 2.75) is 37.3 Å². The van der Waals surface area contributed by atoms with E-state index in [2.05, 4.69) is 0 Å². The van der Waals surface area contributed by atoms with E-state index in [1.54, 1.807) is 4.90 Å². The van der Waals surface area contributed by atoms with Crippen LogP contribution in [-0.4, -0.2) is 53.9 Å². The number of β-amino-alcohol motifs (C(OH)–C–C–N with tert-alkyl or cyclic N) is 1. The Morgan fingerprint density at radius 1 is 1.44 bits per heavy atom. The second-order valence-corrected chi connectivity index (χ2v) is 4.82. The second kappa shape index (κ2) is 4.69. The quantitative estimate of drug-likeness (QED) is 0.633. The lowest BCUT2D eigenvalue weighted by Gasteiger charge is -2.39. The van der Waals surface area contributed by atoms with E-state index >= 15 is 0 Å². The van der Waals surface area contributed by atoms with Gasteiger partial charge in [-0.25, -0.2) is 0 Å². The fourth-order valence-electron chi connectivity index (χ4n) is 2.40. The Labute approximate surface area is 95.5 Å². The summed E-state index contributed by atoms with van der Waals surface area (Å²) >= 11 is 0. The first kappa shape index (κ1) is 11.8. The average molecular weight is 228 g/mol. The molecule has 2 rings (SSSR count). The lowest BCUT2D eigenvalue weighted by atomic mass is 9.89. The Bertz CT molecular complexity index is 264. The Morgan fingerprint density at radius 3 is 2.75 bits per heavy atom. The molecule has 0 aromatic heterocycles. The van der Waals surface area contributed by atoms with Crippen LogP contribution < -0.4 is 5.73 Å². The van der Waals surface area contributed by atoms with E-state index in [1.165, 1.54) is 0 Å². The normalized spacial score (nSPS) is 30.1. The van der Waals surface area contributed by atoms with Crippen LogP contribution >= 0.6 is 0 Å². The number of ether oxygens (including phenoxy) is 1.